The van der Waals surface area contributed by atoms with Gasteiger partial charge in [-0.05, 0) is 25.3 Å². The number of rotatable bonds is 8. The number of nitrogens with one attached hydrogen (secondary N) is 1. The minimum atomic E-state index is -3.66. The molecule has 1 aliphatic heterocycles. The highest BCUT2D eigenvalue weighted by molar-refractivity contribution is 7.89. The monoisotopic (exact) mass is 496 g/mol. The highest BCUT2D eigenvalue weighted by Gasteiger charge is 2.25. The zero-order valence-corrected chi connectivity index (χ0v) is 19.5. The summed E-state index contributed by atoms with van der Waals surface area (Å²) in [5.41, 5.74) is 0.0958. The molecule has 15 heteroatoms. The molecule has 33 heavy (non-hydrogen) atoms. The quantitative estimate of drug-likeness (QED) is 0.430. The van der Waals surface area contributed by atoms with Gasteiger partial charge in [0.15, 0.2) is 0 Å². The van der Waals surface area contributed by atoms with E-state index in [4.69, 9.17) is 0 Å². The number of fused-ring (bicyclic) bond motifs is 1. The number of piperidine rings is 1. The third kappa shape index (κ3) is 5.36. The van der Waals surface area contributed by atoms with E-state index in [0.717, 1.165) is 16.7 Å². The lowest BCUT2D eigenvalue weighted by Gasteiger charge is -2.30. The normalized spacial score (nSPS) is 16.3. The van der Waals surface area contributed by atoms with Gasteiger partial charge in [0.05, 0.1) is 12.0 Å². The number of sulfonamides is 1. The van der Waals surface area contributed by atoms with Gasteiger partial charge in [0, 0.05) is 43.3 Å². The average molecular weight is 497 g/mol. The van der Waals surface area contributed by atoms with Crippen LogP contribution < -0.4 is 10.9 Å². The summed E-state index contributed by atoms with van der Waals surface area (Å²) < 4.78 is 51.6. The fourth-order valence-electron chi connectivity index (χ4n) is 3.71. The summed E-state index contributed by atoms with van der Waals surface area (Å²) in [5.74, 6) is 0.115. The van der Waals surface area contributed by atoms with E-state index in [-0.39, 0.29) is 30.3 Å². The van der Waals surface area contributed by atoms with Crippen LogP contribution in [0.2, 0.25) is 0 Å². The van der Waals surface area contributed by atoms with E-state index in [9.17, 15) is 21.6 Å². The zero-order valence-electron chi connectivity index (χ0n) is 17.9. The van der Waals surface area contributed by atoms with E-state index in [1.165, 1.54) is 21.2 Å². The Labute approximate surface area is 190 Å². The Bertz CT molecular complexity index is 1400. The van der Waals surface area contributed by atoms with Crippen LogP contribution >= 0.6 is 0 Å². The highest BCUT2D eigenvalue weighted by Crippen LogP contribution is 2.18. The molecule has 13 nitrogen and oxygen atoms in total. The van der Waals surface area contributed by atoms with Crippen molar-refractivity contribution in [3.05, 3.63) is 41.3 Å². The lowest BCUT2D eigenvalue weighted by molar-refractivity contribution is 0.331. The Kier molecular flexibility index (Phi) is 6.45. The Morgan fingerprint density at radius 1 is 1.15 bits per heavy atom. The molecule has 0 aliphatic carbocycles. The Morgan fingerprint density at radius 3 is 2.58 bits per heavy atom. The van der Waals surface area contributed by atoms with Crippen molar-refractivity contribution in [1.82, 2.24) is 33.0 Å². The van der Waals surface area contributed by atoms with Gasteiger partial charge in [0.1, 0.15) is 18.3 Å². The molecule has 3 aromatic heterocycles. The van der Waals surface area contributed by atoms with Crippen LogP contribution in [0.1, 0.15) is 19.3 Å². The maximum absolute atomic E-state index is 12.5. The molecule has 4 heterocycles. The first-order valence-corrected chi connectivity index (χ1v) is 13.8. The summed E-state index contributed by atoms with van der Waals surface area (Å²) in [6.45, 7) is 0.970. The van der Waals surface area contributed by atoms with E-state index in [0.29, 0.717) is 42.9 Å². The van der Waals surface area contributed by atoms with Crippen molar-refractivity contribution in [1.29, 1.82) is 0 Å². The van der Waals surface area contributed by atoms with Crippen LogP contribution in [0.3, 0.4) is 0 Å². The van der Waals surface area contributed by atoms with E-state index in [1.807, 2.05) is 0 Å². The second-order valence-corrected chi connectivity index (χ2v) is 11.7. The number of hydrogen-bond acceptors (Lipinski definition) is 10. The van der Waals surface area contributed by atoms with Crippen LogP contribution in [0.15, 0.2) is 35.8 Å². The molecule has 1 N–H and O–H groups in total. The predicted octanol–water partition coefficient (Wildman–Crippen LogP) is -0.513. The molecule has 4 rings (SSSR count). The van der Waals surface area contributed by atoms with Gasteiger partial charge in [-0.25, -0.2) is 31.1 Å². The van der Waals surface area contributed by atoms with E-state index in [2.05, 4.69) is 25.4 Å². The van der Waals surface area contributed by atoms with Gasteiger partial charge in [0.25, 0.3) is 15.6 Å². The molecule has 0 bridgehead atoms. The Hall–Kier alpha value is -2.91. The van der Waals surface area contributed by atoms with Crippen molar-refractivity contribution in [2.24, 2.45) is 0 Å². The average Bonchev–Trinajstić information content (AvgIpc) is 3.31. The topological polar surface area (TPSA) is 162 Å². The fourth-order valence-corrected chi connectivity index (χ4v) is 5.65. The molecular weight excluding hydrogens is 472 g/mol. The molecule has 178 valence electrons. The Balaban J connectivity index is 1.48. The molecule has 1 fully saturated rings. The lowest BCUT2D eigenvalue weighted by Crippen LogP contribution is -2.42. The van der Waals surface area contributed by atoms with E-state index < -0.39 is 20.0 Å². The van der Waals surface area contributed by atoms with Crippen LogP contribution in [0.5, 0.6) is 0 Å². The van der Waals surface area contributed by atoms with Crippen molar-refractivity contribution < 1.29 is 16.8 Å². The van der Waals surface area contributed by atoms with Crippen LogP contribution in [0, 0.1) is 0 Å². The number of hydrogen-bond donors (Lipinski definition) is 1. The van der Waals surface area contributed by atoms with Crippen LogP contribution in [-0.4, -0.2) is 81.0 Å². The minimum absolute atomic E-state index is 0.00263. The van der Waals surface area contributed by atoms with Crippen LogP contribution in [-0.2, 0) is 26.6 Å². The maximum atomic E-state index is 12.5. The predicted molar refractivity (Wildman–Crippen MR) is 121 cm³/mol. The van der Waals surface area contributed by atoms with Crippen LogP contribution in [0.4, 0.5) is 5.95 Å². The van der Waals surface area contributed by atoms with Gasteiger partial charge in [-0.2, -0.15) is 4.98 Å². The molecule has 1 saturated heterocycles. The van der Waals surface area contributed by atoms with Crippen molar-refractivity contribution >= 4 is 37.0 Å². The third-order valence-electron chi connectivity index (χ3n) is 5.45. The van der Waals surface area contributed by atoms with Crippen LogP contribution in [0.25, 0.3) is 11.0 Å². The van der Waals surface area contributed by atoms with Crippen molar-refractivity contribution in [3.8, 4) is 0 Å². The second kappa shape index (κ2) is 9.15. The number of anilines is 1. The number of aryl methyl sites for hydroxylation is 1. The molecule has 3 aromatic rings. The van der Waals surface area contributed by atoms with Gasteiger partial charge in [0.2, 0.25) is 16.0 Å². The molecule has 0 radical (unpaired) electrons. The lowest BCUT2D eigenvalue weighted by atomic mass is 10.1. The molecule has 0 unspecified atom stereocenters. The molecular formula is C18H24N8O5S2. The first-order chi connectivity index (χ1) is 15.6. The fraction of sp³-hybridized carbons (Fsp3) is 0.500. The van der Waals surface area contributed by atoms with Gasteiger partial charge in [-0.15, -0.1) is 9.19 Å². The van der Waals surface area contributed by atoms with E-state index in [1.54, 1.807) is 12.3 Å². The molecule has 0 spiro atoms. The van der Waals surface area contributed by atoms with E-state index >= 15 is 0 Å². The minimum Gasteiger partial charge on any atom is -0.351 e. The number of aromatic nitrogens is 6. The smallest absolute Gasteiger partial charge is 0.255 e. The first-order valence-electron chi connectivity index (χ1n) is 10.3. The molecule has 0 amide bonds. The maximum Gasteiger partial charge on any atom is 0.255 e. The summed E-state index contributed by atoms with van der Waals surface area (Å²) in [6, 6.07) is 3.01. The zero-order chi connectivity index (χ0) is 23.6. The summed E-state index contributed by atoms with van der Waals surface area (Å²) in [7, 11) is -6.87. The van der Waals surface area contributed by atoms with Crippen molar-refractivity contribution in [2.45, 2.75) is 31.8 Å². The number of nitrogens with zero attached hydrogens (tertiary/aromatic N) is 7. The number of pyridine rings is 1. The van der Waals surface area contributed by atoms with Crippen molar-refractivity contribution in [3.63, 3.8) is 0 Å². The van der Waals surface area contributed by atoms with Gasteiger partial charge in [-0.3, -0.25) is 9.36 Å². The summed E-state index contributed by atoms with van der Waals surface area (Å²) in [4.78, 5) is 24.9. The summed E-state index contributed by atoms with van der Waals surface area (Å²) >= 11 is 0. The largest absolute Gasteiger partial charge is 0.351 e. The van der Waals surface area contributed by atoms with Gasteiger partial charge in [-0.1, -0.05) is 0 Å². The highest BCUT2D eigenvalue weighted by atomic mass is 32.2. The summed E-state index contributed by atoms with van der Waals surface area (Å²) in [6.07, 6.45) is 6.45. The first kappa shape index (κ1) is 23.3. The Morgan fingerprint density at radius 2 is 1.91 bits per heavy atom. The third-order valence-corrected chi connectivity index (χ3v) is 8.31. The van der Waals surface area contributed by atoms with Gasteiger partial charge >= 0.3 is 0 Å². The standard InChI is InChI=1S/C18H24N8O5S2/c1-32(28,29)24-8-5-15(6-9-24)22-18-20-11-14-3-4-16(27)25(17(14)23-18)7-2-10-33(30,31)26-13-19-12-21-26/h3-4,11-13,15H,2,5-10H2,1H3,(H,20,22,23). The molecule has 0 saturated carbocycles. The van der Waals surface area contributed by atoms with Crippen molar-refractivity contribution in [2.75, 3.05) is 30.4 Å². The summed E-state index contributed by atoms with van der Waals surface area (Å²) in [5, 5.41) is 7.51. The second-order valence-electron chi connectivity index (χ2n) is 7.81. The SMILES string of the molecule is CS(=O)(=O)N1CCC(Nc2ncc3ccc(=O)n(CCCS(=O)(=O)n4cncn4)c3n2)CC1. The molecule has 1 aliphatic rings. The molecule has 0 aromatic carbocycles. The van der Waals surface area contributed by atoms with Gasteiger partial charge < -0.3 is 5.32 Å². The molecule has 0 atom stereocenters.